The molecule has 1 aromatic rings. The Morgan fingerprint density at radius 3 is 2.79 bits per heavy atom. The predicted molar refractivity (Wildman–Crippen MR) is 57.5 cm³/mol. The van der Waals surface area contributed by atoms with E-state index in [1.165, 1.54) is 6.07 Å². The molecule has 0 saturated carbocycles. The standard InChI is InChI=1S/C10H13BrFNO/c1-6-4-7(10(13)2-3-14)9(12)5-8(6)11/h4-5,10,14H,2-3,13H2,1H3. The van der Waals surface area contributed by atoms with E-state index in [-0.39, 0.29) is 12.4 Å². The van der Waals surface area contributed by atoms with E-state index in [2.05, 4.69) is 15.9 Å². The minimum Gasteiger partial charge on any atom is -0.396 e. The van der Waals surface area contributed by atoms with Gasteiger partial charge in [-0.3, -0.25) is 0 Å². The van der Waals surface area contributed by atoms with Gasteiger partial charge in [-0.25, -0.2) is 4.39 Å². The molecule has 78 valence electrons. The maximum atomic E-state index is 13.4. The summed E-state index contributed by atoms with van der Waals surface area (Å²) in [5.41, 5.74) is 7.11. The summed E-state index contributed by atoms with van der Waals surface area (Å²) in [7, 11) is 0. The van der Waals surface area contributed by atoms with Crippen molar-refractivity contribution >= 4 is 15.9 Å². The molecule has 0 amide bonds. The van der Waals surface area contributed by atoms with Crippen molar-refractivity contribution in [3.05, 3.63) is 33.5 Å². The lowest BCUT2D eigenvalue weighted by molar-refractivity contribution is 0.275. The lowest BCUT2D eigenvalue weighted by Crippen LogP contribution is -2.14. The molecule has 14 heavy (non-hydrogen) atoms. The summed E-state index contributed by atoms with van der Waals surface area (Å²) in [5, 5.41) is 8.70. The molecular formula is C10H13BrFNO. The van der Waals surface area contributed by atoms with E-state index in [9.17, 15) is 4.39 Å². The van der Waals surface area contributed by atoms with Crippen molar-refractivity contribution in [2.75, 3.05) is 6.61 Å². The Labute approximate surface area is 91.1 Å². The monoisotopic (exact) mass is 261 g/mol. The first-order chi connectivity index (χ1) is 6.56. The summed E-state index contributed by atoms with van der Waals surface area (Å²) in [6.07, 6.45) is 0.373. The fourth-order valence-electron chi connectivity index (χ4n) is 1.26. The van der Waals surface area contributed by atoms with Crippen LogP contribution in [0.3, 0.4) is 0 Å². The van der Waals surface area contributed by atoms with Crippen LogP contribution in [0.1, 0.15) is 23.6 Å². The molecule has 0 aliphatic rings. The Morgan fingerprint density at radius 1 is 1.57 bits per heavy atom. The van der Waals surface area contributed by atoms with Crippen LogP contribution in [-0.2, 0) is 0 Å². The van der Waals surface area contributed by atoms with Gasteiger partial charge in [0.15, 0.2) is 0 Å². The molecule has 3 N–H and O–H groups in total. The predicted octanol–water partition coefficient (Wildman–Crippen LogP) is 2.28. The zero-order chi connectivity index (χ0) is 10.7. The van der Waals surface area contributed by atoms with E-state index in [1.807, 2.05) is 6.92 Å². The Bertz CT molecular complexity index is 330. The largest absolute Gasteiger partial charge is 0.396 e. The number of aliphatic hydroxyl groups is 1. The molecule has 0 saturated heterocycles. The highest BCUT2D eigenvalue weighted by Crippen LogP contribution is 2.24. The summed E-state index contributed by atoms with van der Waals surface area (Å²) >= 11 is 3.24. The Balaban J connectivity index is 3.02. The number of halogens is 2. The Kier molecular flexibility index (Phi) is 4.04. The molecule has 2 nitrogen and oxygen atoms in total. The van der Waals surface area contributed by atoms with Gasteiger partial charge < -0.3 is 10.8 Å². The first kappa shape index (κ1) is 11.6. The molecule has 0 heterocycles. The first-order valence-corrected chi connectivity index (χ1v) is 5.17. The Morgan fingerprint density at radius 2 is 2.21 bits per heavy atom. The summed E-state index contributed by atoms with van der Waals surface area (Å²) < 4.78 is 14.1. The van der Waals surface area contributed by atoms with Crippen LogP contribution in [-0.4, -0.2) is 11.7 Å². The quantitative estimate of drug-likeness (QED) is 0.877. The van der Waals surface area contributed by atoms with Crippen LogP contribution in [0.15, 0.2) is 16.6 Å². The zero-order valence-corrected chi connectivity index (χ0v) is 9.51. The second-order valence-corrected chi connectivity index (χ2v) is 4.10. The van der Waals surface area contributed by atoms with Gasteiger partial charge in [-0.2, -0.15) is 0 Å². The average Bonchev–Trinajstić information content (AvgIpc) is 2.11. The van der Waals surface area contributed by atoms with Crippen LogP contribution in [0.4, 0.5) is 4.39 Å². The van der Waals surface area contributed by atoms with Crippen LogP contribution >= 0.6 is 15.9 Å². The van der Waals surface area contributed by atoms with E-state index in [0.717, 1.165) is 10.0 Å². The fourth-order valence-corrected chi connectivity index (χ4v) is 1.57. The first-order valence-electron chi connectivity index (χ1n) is 4.38. The number of hydrogen-bond acceptors (Lipinski definition) is 2. The number of rotatable bonds is 3. The fraction of sp³-hybridized carbons (Fsp3) is 0.400. The lowest BCUT2D eigenvalue weighted by Gasteiger charge is -2.13. The van der Waals surface area contributed by atoms with Gasteiger partial charge in [0.2, 0.25) is 0 Å². The molecule has 0 fully saturated rings. The highest BCUT2D eigenvalue weighted by Gasteiger charge is 2.12. The van der Waals surface area contributed by atoms with Crippen molar-refractivity contribution in [3.63, 3.8) is 0 Å². The van der Waals surface area contributed by atoms with Crippen LogP contribution in [0, 0.1) is 12.7 Å². The molecular weight excluding hydrogens is 249 g/mol. The van der Waals surface area contributed by atoms with Crippen molar-refractivity contribution in [3.8, 4) is 0 Å². The minimum atomic E-state index is -0.438. The number of aliphatic hydroxyl groups excluding tert-OH is 1. The summed E-state index contributed by atoms with van der Waals surface area (Å²) in [6, 6.07) is 2.67. The van der Waals surface area contributed by atoms with Gasteiger partial charge >= 0.3 is 0 Å². The molecule has 0 spiro atoms. The third-order valence-corrected chi connectivity index (χ3v) is 2.97. The third-order valence-electron chi connectivity index (χ3n) is 2.12. The van der Waals surface area contributed by atoms with Crippen molar-refractivity contribution in [1.29, 1.82) is 0 Å². The van der Waals surface area contributed by atoms with Gasteiger partial charge in [0.25, 0.3) is 0 Å². The highest BCUT2D eigenvalue weighted by atomic mass is 79.9. The van der Waals surface area contributed by atoms with E-state index in [0.29, 0.717) is 12.0 Å². The molecule has 4 heteroatoms. The summed E-state index contributed by atoms with van der Waals surface area (Å²) in [4.78, 5) is 0. The minimum absolute atomic E-state index is 0.0320. The normalized spacial score (nSPS) is 12.9. The Hall–Kier alpha value is -0.450. The zero-order valence-electron chi connectivity index (χ0n) is 7.93. The number of nitrogens with two attached hydrogens (primary N) is 1. The van der Waals surface area contributed by atoms with Gasteiger partial charge in [0.05, 0.1) is 0 Å². The van der Waals surface area contributed by atoms with E-state index in [1.54, 1.807) is 6.07 Å². The molecule has 1 atom stereocenters. The molecule has 0 bridgehead atoms. The van der Waals surface area contributed by atoms with Gasteiger partial charge in [-0.1, -0.05) is 22.0 Å². The third kappa shape index (κ3) is 2.53. The number of benzene rings is 1. The molecule has 1 unspecified atom stereocenters. The molecule has 0 aliphatic heterocycles. The van der Waals surface area contributed by atoms with Crippen molar-refractivity contribution in [2.24, 2.45) is 5.73 Å². The topological polar surface area (TPSA) is 46.2 Å². The van der Waals surface area contributed by atoms with Crippen molar-refractivity contribution in [1.82, 2.24) is 0 Å². The van der Waals surface area contributed by atoms with Gasteiger partial charge in [0.1, 0.15) is 5.82 Å². The SMILES string of the molecule is Cc1cc(C(N)CCO)c(F)cc1Br. The van der Waals surface area contributed by atoms with Gasteiger partial charge in [-0.05, 0) is 25.0 Å². The molecule has 0 aromatic heterocycles. The van der Waals surface area contributed by atoms with Crippen molar-refractivity contribution < 1.29 is 9.50 Å². The average molecular weight is 262 g/mol. The number of hydrogen-bond donors (Lipinski definition) is 2. The van der Waals surface area contributed by atoms with Crippen molar-refractivity contribution in [2.45, 2.75) is 19.4 Å². The maximum absolute atomic E-state index is 13.4. The van der Waals surface area contributed by atoms with Crippen LogP contribution in [0.5, 0.6) is 0 Å². The van der Waals surface area contributed by atoms with Crippen LogP contribution in [0.2, 0.25) is 0 Å². The molecule has 1 rings (SSSR count). The van der Waals surface area contributed by atoms with Crippen LogP contribution in [0.25, 0.3) is 0 Å². The van der Waals surface area contributed by atoms with E-state index >= 15 is 0 Å². The second-order valence-electron chi connectivity index (χ2n) is 3.24. The van der Waals surface area contributed by atoms with E-state index in [4.69, 9.17) is 10.8 Å². The summed E-state index contributed by atoms with van der Waals surface area (Å²) in [6.45, 7) is 1.84. The van der Waals surface area contributed by atoms with E-state index < -0.39 is 6.04 Å². The summed E-state index contributed by atoms with van der Waals surface area (Å²) in [5.74, 6) is -0.330. The van der Waals surface area contributed by atoms with Crippen LogP contribution < -0.4 is 5.73 Å². The number of aryl methyl sites for hydroxylation is 1. The maximum Gasteiger partial charge on any atom is 0.129 e. The molecule has 1 aromatic carbocycles. The van der Waals surface area contributed by atoms with Gasteiger partial charge in [0, 0.05) is 22.7 Å². The lowest BCUT2D eigenvalue weighted by atomic mass is 10.0. The smallest absolute Gasteiger partial charge is 0.129 e. The highest BCUT2D eigenvalue weighted by molar-refractivity contribution is 9.10. The second kappa shape index (κ2) is 4.87. The van der Waals surface area contributed by atoms with Gasteiger partial charge in [-0.15, -0.1) is 0 Å². The molecule has 0 radical (unpaired) electrons. The molecule has 0 aliphatic carbocycles.